The Hall–Kier alpha value is -5.42. The zero-order chi connectivity index (χ0) is 31.6. The first-order valence-electron chi connectivity index (χ1n) is 13.4. The summed E-state index contributed by atoms with van der Waals surface area (Å²) in [6.07, 6.45) is 1.87. The number of carboxylic acids is 1. The first-order valence-corrected chi connectivity index (χ1v) is 14.3. The fraction of sp³-hybridized carbons (Fsp3) is 0.0909. The molecule has 1 atom stereocenters. The highest BCUT2D eigenvalue weighted by atomic mass is 32.2. The number of carboxylic acid groups (broad SMARTS) is 1. The van der Waals surface area contributed by atoms with Crippen molar-refractivity contribution in [2.75, 3.05) is 10.6 Å². The first kappa shape index (κ1) is 31.5. The number of carbonyl (C=O) groups is 4. The molecule has 0 aliphatic carbocycles. The summed E-state index contributed by atoms with van der Waals surface area (Å²) in [4.78, 5) is 51.2. The SMILES string of the molecule is CCC(Sc1cccc(NC(=O)/C(=C/c2ccc(F)cc2)NC(=O)c2ccccc2)c1)C(=O)Nc1ccc(O)c(C(=O)O)c1. The van der Waals surface area contributed by atoms with Crippen LogP contribution in [0.3, 0.4) is 0 Å². The van der Waals surface area contributed by atoms with E-state index in [1.54, 1.807) is 54.6 Å². The second kappa shape index (κ2) is 14.7. The Kier molecular flexibility index (Phi) is 10.5. The van der Waals surface area contributed by atoms with Crippen LogP contribution in [0.2, 0.25) is 0 Å². The minimum Gasteiger partial charge on any atom is -0.507 e. The normalized spacial score (nSPS) is 11.7. The van der Waals surface area contributed by atoms with Gasteiger partial charge in [0.15, 0.2) is 0 Å². The number of carbonyl (C=O) groups excluding carboxylic acids is 3. The molecule has 1 unspecified atom stereocenters. The Bertz CT molecular complexity index is 1710. The standard InChI is InChI=1S/C33H28FN3O6S/c1-2-29(32(41)36-24-15-16-28(38)26(19-24)33(42)43)44-25-10-6-9-23(18-25)35-31(40)27(17-20-11-13-22(34)14-12-20)37-30(39)21-7-4-3-5-8-21/h3-19,29,38H,2H2,1H3,(H,35,40)(H,36,41)(H,37,39)(H,42,43)/b27-17-. The van der Waals surface area contributed by atoms with Crippen molar-refractivity contribution >= 4 is 52.9 Å². The number of halogens is 1. The van der Waals surface area contributed by atoms with E-state index >= 15 is 0 Å². The Morgan fingerprint density at radius 2 is 1.57 bits per heavy atom. The summed E-state index contributed by atoms with van der Waals surface area (Å²) >= 11 is 1.24. The van der Waals surface area contributed by atoms with Crippen LogP contribution in [-0.4, -0.2) is 39.2 Å². The van der Waals surface area contributed by atoms with Gasteiger partial charge in [-0.3, -0.25) is 14.4 Å². The van der Waals surface area contributed by atoms with Gasteiger partial charge in [0.2, 0.25) is 5.91 Å². The molecule has 0 saturated heterocycles. The molecule has 0 bridgehead atoms. The van der Waals surface area contributed by atoms with Crippen molar-refractivity contribution in [2.24, 2.45) is 0 Å². The highest BCUT2D eigenvalue weighted by molar-refractivity contribution is 8.00. The molecule has 0 radical (unpaired) electrons. The smallest absolute Gasteiger partial charge is 0.339 e. The third-order valence-electron chi connectivity index (χ3n) is 6.24. The summed E-state index contributed by atoms with van der Waals surface area (Å²) in [5, 5.41) is 26.5. The van der Waals surface area contributed by atoms with Crippen LogP contribution in [0, 0.1) is 5.82 Å². The Morgan fingerprint density at radius 3 is 2.25 bits per heavy atom. The third kappa shape index (κ3) is 8.55. The lowest BCUT2D eigenvalue weighted by Crippen LogP contribution is -2.30. The van der Waals surface area contributed by atoms with Gasteiger partial charge >= 0.3 is 5.97 Å². The van der Waals surface area contributed by atoms with Crippen molar-refractivity contribution in [1.82, 2.24) is 5.32 Å². The average Bonchev–Trinajstić information content (AvgIpc) is 3.01. The Morgan fingerprint density at radius 1 is 0.864 bits per heavy atom. The van der Waals surface area contributed by atoms with Crippen LogP contribution in [0.15, 0.2) is 108 Å². The van der Waals surface area contributed by atoms with Crippen molar-refractivity contribution in [3.05, 3.63) is 125 Å². The molecular weight excluding hydrogens is 585 g/mol. The Labute approximate surface area is 256 Å². The zero-order valence-electron chi connectivity index (χ0n) is 23.4. The fourth-order valence-electron chi connectivity index (χ4n) is 4.01. The van der Waals surface area contributed by atoms with Gasteiger partial charge in [-0.15, -0.1) is 11.8 Å². The van der Waals surface area contributed by atoms with Crippen molar-refractivity contribution < 1.29 is 33.8 Å². The number of nitrogens with one attached hydrogen (secondary N) is 3. The third-order valence-corrected chi connectivity index (χ3v) is 7.60. The zero-order valence-corrected chi connectivity index (χ0v) is 24.2. The van der Waals surface area contributed by atoms with E-state index in [-0.39, 0.29) is 22.9 Å². The Balaban J connectivity index is 1.49. The maximum Gasteiger partial charge on any atom is 0.339 e. The molecule has 0 spiro atoms. The quantitative estimate of drug-likeness (QED) is 0.0775. The summed E-state index contributed by atoms with van der Waals surface area (Å²) in [5.41, 5.74) is 1.07. The molecule has 11 heteroatoms. The van der Waals surface area contributed by atoms with Gasteiger partial charge in [-0.1, -0.05) is 43.3 Å². The molecule has 4 aromatic rings. The molecule has 0 heterocycles. The number of phenols is 1. The van der Waals surface area contributed by atoms with Gasteiger partial charge in [0.1, 0.15) is 22.8 Å². The van der Waals surface area contributed by atoms with E-state index in [0.29, 0.717) is 28.1 Å². The second-order valence-corrected chi connectivity index (χ2v) is 10.7. The van der Waals surface area contributed by atoms with Crippen LogP contribution in [0.1, 0.15) is 39.6 Å². The molecule has 0 saturated carbocycles. The highest BCUT2D eigenvalue weighted by Crippen LogP contribution is 2.29. The predicted octanol–water partition coefficient (Wildman–Crippen LogP) is 6.15. The number of hydrogen-bond acceptors (Lipinski definition) is 6. The van der Waals surface area contributed by atoms with Crippen LogP contribution in [-0.2, 0) is 9.59 Å². The molecule has 0 fully saturated rings. The second-order valence-electron chi connectivity index (χ2n) is 9.45. The first-order chi connectivity index (χ1) is 21.1. The molecule has 4 aromatic carbocycles. The van der Waals surface area contributed by atoms with Crippen LogP contribution in [0.4, 0.5) is 15.8 Å². The number of amides is 3. The molecular formula is C33H28FN3O6S. The van der Waals surface area contributed by atoms with Gasteiger partial charge in [0.05, 0.1) is 5.25 Å². The minimum atomic E-state index is -1.32. The van der Waals surface area contributed by atoms with Gasteiger partial charge in [-0.05, 0) is 78.7 Å². The number of rotatable bonds is 11. The summed E-state index contributed by atoms with van der Waals surface area (Å²) in [7, 11) is 0. The predicted molar refractivity (Wildman–Crippen MR) is 167 cm³/mol. The van der Waals surface area contributed by atoms with E-state index < -0.39 is 34.6 Å². The molecule has 4 rings (SSSR count). The maximum absolute atomic E-state index is 13.4. The summed E-state index contributed by atoms with van der Waals surface area (Å²) < 4.78 is 13.4. The molecule has 0 aromatic heterocycles. The van der Waals surface area contributed by atoms with Crippen LogP contribution < -0.4 is 16.0 Å². The van der Waals surface area contributed by atoms with Crippen LogP contribution in [0.25, 0.3) is 6.08 Å². The molecule has 0 aliphatic rings. The van der Waals surface area contributed by atoms with Crippen LogP contribution >= 0.6 is 11.8 Å². The number of thioether (sulfide) groups is 1. The van der Waals surface area contributed by atoms with E-state index in [0.717, 1.165) is 0 Å². The lowest BCUT2D eigenvalue weighted by Gasteiger charge is -2.16. The van der Waals surface area contributed by atoms with Crippen LogP contribution in [0.5, 0.6) is 5.75 Å². The lowest BCUT2D eigenvalue weighted by molar-refractivity contribution is -0.116. The van der Waals surface area contributed by atoms with E-state index in [1.807, 2.05) is 6.92 Å². The van der Waals surface area contributed by atoms with Gasteiger partial charge in [0.25, 0.3) is 11.8 Å². The number of anilines is 2. The maximum atomic E-state index is 13.4. The fourth-order valence-corrected chi connectivity index (χ4v) is 5.02. The van der Waals surface area contributed by atoms with Gasteiger partial charge in [0, 0.05) is 21.8 Å². The monoisotopic (exact) mass is 613 g/mol. The summed E-state index contributed by atoms with van der Waals surface area (Å²) in [6.45, 7) is 1.82. The van der Waals surface area contributed by atoms with E-state index in [1.165, 1.54) is 60.3 Å². The van der Waals surface area contributed by atoms with Crippen molar-refractivity contribution in [2.45, 2.75) is 23.5 Å². The number of aromatic carboxylic acids is 1. The van der Waals surface area contributed by atoms with E-state index in [9.17, 15) is 33.8 Å². The van der Waals surface area contributed by atoms with Crippen molar-refractivity contribution in [3.8, 4) is 5.75 Å². The lowest BCUT2D eigenvalue weighted by atomic mass is 10.1. The topological polar surface area (TPSA) is 145 Å². The van der Waals surface area contributed by atoms with Gasteiger partial charge in [-0.25, -0.2) is 9.18 Å². The van der Waals surface area contributed by atoms with Gasteiger partial charge < -0.3 is 26.2 Å². The molecule has 44 heavy (non-hydrogen) atoms. The highest BCUT2D eigenvalue weighted by Gasteiger charge is 2.20. The molecule has 3 amide bonds. The largest absolute Gasteiger partial charge is 0.507 e. The number of hydrogen-bond donors (Lipinski definition) is 5. The van der Waals surface area contributed by atoms with Crippen molar-refractivity contribution in [1.29, 1.82) is 0 Å². The molecule has 224 valence electrons. The molecule has 9 nitrogen and oxygen atoms in total. The summed E-state index contributed by atoms with van der Waals surface area (Å²) in [5.74, 6) is -3.67. The molecule has 5 N–H and O–H groups in total. The average molecular weight is 614 g/mol. The van der Waals surface area contributed by atoms with E-state index in [4.69, 9.17) is 0 Å². The number of benzene rings is 4. The van der Waals surface area contributed by atoms with E-state index in [2.05, 4.69) is 16.0 Å². The van der Waals surface area contributed by atoms with Gasteiger partial charge in [-0.2, -0.15) is 0 Å². The number of aromatic hydroxyl groups is 1. The van der Waals surface area contributed by atoms with Crippen molar-refractivity contribution in [3.63, 3.8) is 0 Å². The summed E-state index contributed by atoms with van der Waals surface area (Å²) in [6, 6.07) is 24.4. The molecule has 0 aliphatic heterocycles. The minimum absolute atomic E-state index is 0.0658.